The molecule has 0 fully saturated rings. The Balaban J connectivity index is 1.93. The maximum atomic E-state index is 11.7. The van der Waals surface area contributed by atoms with Crippen LogP contribution in [0.4, 0.5) is 5.82 Å². The van der Waals surface area contributed by atoms with Crippen molar-refractivity contribution in [3.8, 4) is 0 Å². The number of benzene rings is 1. The monoisotopic (exact) mass is 229 g/mol. The van der Waals surface area contributed by atoms with Gasteiger partial charge in [0, 0.05) is 11.8 Å². The number of amides is 1. The molecule has 0 saturated carbocycles. The minimum absolute atomic E-state index is 0.0506. The Bertz CT molecular complexity index is 490. The summed E-state index contributed by atoms with van der Waals surface area (Å²) in [6.45, 7) is 2.03. The van der Waals surface area contributed by atoms with Gasteiger partial charge in [-0.15, -0.1) is 0 Å². The maximum absolute atomic E-state index is 11.7. The highest BCUT2D eigenvalue weighted by Crippen LogP contribution is 2.07. The molecule has 4 nitrogen and oxygen atoms in total. The van der Waals surface area contributed by atoms with Gasteiger partial charge in [-0.05, 0) is 12.0 Å². The Kier molecular flexibility index (Phi) is 3.55. The molecule has 0 radical (unpaired) electrons. The zero-order valence-corrected chi connectivity index (χ0v) is 9.73. The van der Waals surface area contributed by atoms with Crippen molar-refractivity contribution >= 4 is 11.7 Å². The van der Waals surface area contributed by atoms with E-state index < -0.39 is 0 Å². The number of aryl methyl sites for hydroxylation is 1. The molecule has 2 N–H and O–H groups in total. The van der Waals surface area contributed by atoms with Gasteiger partial charge in [0.05, 0.1) is 6.42 Å². The number of aromatic nitrogens is 2. The van der Waals surface area contributed by atoms with Crippen molar-refractivity contribution in [1.29, 1.82) is 0 Å². The number of hydrogen-bond donors (Lipinski definition) is 2. The predicted octanol–water partition coefficient (Wildman–Crippen LogP) is 2.15. The Labute approximate surface area is 100 Å². The van der Waals surface area contributed by atoms with Crippen molar-refractivity contribution in [2.24, 2.45) is 0 Å². The van der Waals surface area contributed by atoms with Crippen LogP contribution in [0.25, 0.3) is 0 Å². The van der Waals surface area contributed by atoms with E-state index in [9.17, 15) is 4.79 Å². The molecule has 1 aromatic carbocycles. The number of H-pyrrole nitrogens is 1. The number of nitrogens with zero attached hydrogens (tertiary/aromatic N) is 1. The van der Waals surface area contributed by atoms with Gasteiger partial charge in [0.1, 0.15) is 0 Å². The third-order valence-electron chi connectivity index (χ3n) is 2.49. The Morgan fingerprint density at radius 2 is 2.12 bits per heavy atom. The number of carbonyl (C=O) groups is 1. The molecule has 88 valence electrons. The van der Waals surface area contributed by atoms with Gasteiger partial charge in [-0.1, -0.05) is 37.3 Å². The number of aromatic amines is 1. The van der Waals surface area contributed by atoms with E-state index in [0.717, 1.165) is 17.7 Å². The van der Waals surface area contributed by atoms with Crippen LogP contribution < -0.4 is 5.32 Å². The molecule has 1 aromatic heterocycles. The van der Waals surface area contributed by atoms with Gasteiger partial charge >= 0.3 is 0 Å². The Morgan fingerprint density at radius 3 is 2.76 bits per heavy atom. The smallest absolute Gasteiger partial charge is 0.229 e. The molecule has 1 heterocycles. The molecule has 4 heteroatoms. The average molecular weight is 229 g/mol. The molecule has 17 heavy (non-hydrogen) atoms. The summed E-state index contributed by atoms with van der Waals surface area (Å²) in [7, 11) is 0. The summed E-state index contributed by atoms with van der Waals surface area (Å²) in [6, 6.07) is 11.5. The Morgan fingerprint density at radius 1 is 1.35 bits per heavy atom. The number of rotatable bonds is 4. The second-order valence-electron chi connectivity index (χ2n) is 3.84. The molecular formula is C13H15N3O. The molecule has 0 aliphatic heterocycles. The fourth-order valence-electron chi connectivity index (χ4n) is 1.58. The lowest BCUT2D eigenvalue weighted by atomic mass is 10.1. The molecule has 0 unspecified atom stereocenters. The van der Waals surface area contributed by atoms with E-state index >= 15 is 0 Å². The second kappa shape index (κ2) is 5.30. The van der Waals surface area contributed by atoms with Gasteiger partial charge < -0.3 is 5.32 Å². The van der Waals surface area contributed by atoms with Crippen LogP contribution in [0.2, 0.25) is 0 Å². The van der Waals surface area contributed by atoms with Crippen molar-refractivity contribution in [3.05, 3.63) is 47.7 Å². The van der Waals surface area contributed by atoms with E-state index in [4.69, 9.17) is 0 Å². The summed E-state index contributed by atoms with van der Waals surface area (Å²) in [6.07, 6.45) is 1.25. The summed E-state index contributed by atoms with van der Waals surface area (Å²) >= 11 is 0. The lowest BCUT2D eigenvalue weighted by Gasteiger charge is -2.01. The minimum Gasteiger partial charge on any atom is -0.309 e. The molecule has 0 bridgehead atoms. The van der Waals surface area contributed by atoms with Crippen LogP contribution in [0.5, 0.6) is 0 Å². The third kappa shape index (κ3) is 3.17. The molecule has 2 rings (SSSR count). The first-order valence-corrected chi connectivity index (χ1v) is 5.66. The molecule has 1 amide bonds. The predicted molar refractivity (Wildman–Crippen MR) is 66.7 cm³/mol. The highest BCUT2D eigenvalue weighted by molar-refractivity contribution is 5.91. The Hall–Kier alpha value is -2.10. The molecular weight excluding hydrogens is 214 g/mol. The molecule has 0 aliphatic rings. The van der Waals surface area contributed by atoms with Crippen molar-refractivity contribution < 1.29 is 4.79 Å². The first-order chi connectivity index (χ1) is 8.28. The van der Waals surface area contributed by atoms with E-state index in [-0.39, 0.29) is 5.91 Å². The summed E-state index contributed by atoms with van der Waals surface area (Å²) < 4.78 is 0. The van der Waals surface area contributed by atoms with E-state index in [1.54, 1.807) is 0 Å². The van der Waals surface area contributed by atoms with Crippen LogP contribution in [-0.2, 0) is 17.6 Å². The van der Waals surface area contributed by atoms with Crippen LogP contribution in [0.3, 0.4) is 0 Å². The molecule has 2 aromatic rings. The van der Waals surface area contributed by atoms with E-state index in [1.807, 2.05) is 43.3 Å². The van der Waals surface area contributed by atoms with Crippen molar-refractivity contribution in [2.45, 2.75) is 19.8 Å². The standard InChI is InChI=1S/C13H15N3O/c1-2-11-9-12(16-15-11)14-13(17)8-10-6-4-3-5-7-10/h3-7,9H,2,8H2,1H3,(H2,14,15,16,17). The number of carbonyl (C=O) groups excluding carboxylic acids is 1. The quantitative estimate of drug-likeness (QED) is 0.844. The van der Waals surface area contributed by atoms with Crippen molar-refractivity contribution in [1.82, 2.24) is 10.2 Å². The van der Waals surface area contributed by atoms with Crippen LogP contribution in [-0.4, -0.2) is 16.1 Å². The largest absolute Gasteiger partial charge is 0.309 e. The van der Waals surface area contributed by atoms with Gasteiger partial charge in [0.2, 0.25) is 5.91 Å². The molecule has 0 aliphatic carbocycles. The minimum atomic E-state index is -0.0506. The number of hydrogen-bond acceptors (Lipinski definition) is 2. The number of nitrogens with one attached hydrogen (secondary N) is 2. The highest BCUT2D eigenvalue weighted by Gasteiger charge is 2.06. The third-order valence-corrected chi connectivity index (χ3v) is 2.49. The van der Waals surface area contributed by atoms with E-state index in [1.165, 1.54) is 0 Å². The maximum Gasteiger partial charge on any atom is 0.229 e. The van der Waals surface area contributed by atoms with Crippen LogP contribution in [0.15, 0.2) is 36.4 Å². The first kappa shape index (κ1) is 11.4. The van der Waals surface area contributed by atoms with Crippen molar-refractivity contribution in [3.63, 3.8) is 0 Å². The van der Waals surface area contributed by atoms with Gasteiger partial charge in [0.15, 0.2) is 5.82 Å². The second-order valence-corrected chi connectivity index (χ2v) is 3.84. The van der Waals surface area contributed by atoms with Gasteiger partial charge in [-0.2, -0.15) is 5.10 Å². The zero-order valence-electron chi connectivity index (χ0n) is 9.73. The fraction of sp³-hybridized carbons (Fsp3) is 0.231. The summed E-state index contributed by atoms with van der Waals surface area (Å²) in [5, 5.41) is 9.64. The average Bonchev–Trinajstić information content (AvgIpc) is 2.78. The van der Waals surface area contributed by atoms with Gasteiger partial charge in [-0.3, -0.25) is 9.89 Å². The van der Waals surface area contributed by atoms with Gasteiger partial charge in [0.25, 0.3) is 0 Å². The first-order valence-electron chi connectivity index (χ1n) is 5.66. The normalized spacial score (nSPS) is 10.2. The molecule has 0 spiro atoms. The number of anilines is 1. The zero-order chi connectivity index (χ0) is 12.1. The fourth-order valence-corrected chi connectivity index (χ4v) is 1.58. The van der Waals surface area contributed by atoms with E-state index in [0.29, 0.717) is 12.2 Å². The summed E-state index contributed by atoms with van der Waals surface area (Å²) in [4.78, 5) is 11.7. The topological polar surface area (TPSA) is 57.8 Å². The van der Waals surface area contributed by atoms with Crippen LogP contribution in [0, 0.1) is 0 Å². The lowest BCUT2D eigenvalue weighted by molar-refractivity contribution is -0.115. The SMILES string of the molecule is CCc1cc(NC(=O)Cc2ccccc2)n[nH]1. The van der Waals surface area contributed by atoms with E-state index in [2.05, 4.69) is 15.5 Å². The molecule has 0 saturated heterocycles. The summed E-state index contributed by atoms with van der Waals surface area (Å²) in [5.74, 6) is 0.535. The van der Waals surface area contributed by atoms with Crippen LogP contribution in [0.1, 0.15) is 18.2 Å². The summed E-state index contributed by atoms with van der Waals surface area (Å²) in [5.41, 5.74) is 2.01. The highest BCUT2D eigenvalue weighted by atomic mass is 16.1. The lowest BCUT2D eigenvalue weighted by Crippen LogP contribution is -2.14. The van der Waals surface area contributed by atoms with Crippen LogP contribution >= 0.6 is 0 Å². The van der Waals surface area contributed by atoms with Gasteiger partial charge in [-0.25, -0.2) is 0 Å². The van der Waals surface area contributed by atoms with Crippen molar-refractivity contribution in [2.75, 3.05) is 5.32 Å². The molecule has 0 atom stereocenters.